The SMILES string of the molecule is Cc1cc(C)cc(N2CCN(C(=O)N[C@@H](C)c3cccs3)CC2=O)c1. The van der Waals surface area contributed by atoms with E-state index in [1.54, 1.807) is 21.1 Å². The first kappa shape index (κ1) is 17.5. The Morgan fingerprint density at radius 1 is 1.20 bits per heavy atom. The first-order chi connectivity index (χ1) is 11.9. The van der Waals surface area contributed by atoms with Crippen LogP contribution in [-0.4, -0.2) is 36.5 Å². The van der Waals surface area contributed by atoms with Crippen molar-refractivity contribution in [1.82, 2.24) is 10.2 Å². The number of urea groups is 1. The molecule has 0 radical (unpaired) electrons. The second kappa shape index (κ2) is 7.27. The number of hydrogen-bond donors (Lipinski definition) is 1. The minimum Gasteiger partial charge on any atom is -0.331 e. The molecule has 2 heterocycles. The highest BCUT2D eigenvalue weighted by Crippen LogP contribution is 2.22. The van der Waals surface area contributed by atoms with E-state index in [0.29, 0.717) is 13.1 Å². The van der Waals surface area contributed by atoms with Gasteiger partial charge >= 0.3 is 6.03 Å². The molecule has 3 rings (SSSR count). The van der Waals surface area contributed by atoms with Gasteiger partial charge in [0.1, 0.15) is 6.54 Å². The van der Waals surface area contributed by atoms with Gasteiger partial charge in [-0.05, 0) is 55.5 Å². The van der Waals surface area contributed by atoms with E-state index in [2.05, 4.69) is 11.4 Å². The zero-order valence-electron chi connectivity index (χ0n) is 14.8. The van der Waals surface area contributed by atoms with Crippen LogP contribution in [0.1, 0.15) is 29.0 Å². The van der Waals surface area contributed by atoms with Gasteiger partial charge in [0.05, 0.1) is 6.04 Å². The highest BCUT2D eigenvalue weighted by molar-refractivity contribution is 7.10. The lowest BCUT2D eigenvalue weighted by Crippen LogP contribution is -2.55. The summed E-state index contributed by atoms with van der Waals surface area (Å²) in [5.41, 5.74) is 3.18. The fraction of sp³-hybridized carbons (Fsp3) is 0.368. The van der Waals surface area contributed by atoms with Crippen molar-refractivity contribution < 1.29 is 9.59 Å². The van der Waals surface area contributed by atoms with Crippen LogP contribution in [0.15, 0.2) is 35.7 Å². The van der Waals surface area contributed by atoms with Gasteiger partial charge in [0.2, 0.25) is 5.91 Å². The number of rotatable bonds is 3. The Kier molecular flexibility index (Phi) is 5.08. The van der Waals surface area contributed by atoms with Crippen LogP contribution in [0.3, 0.4) is 0 Å². The molecule has 25 heavy (non-hydrogen) atoms. The van der Waals surface area contributed by atoms with E-state index in [4.69, 9.17) is 0 Å². The van der Waals surface area contributed by atoms with E-state index < -0.39 is 0 Å². The third-order valence-electron chi connectivity index (χ3n) is 4.34. The average Bonchev–Trinajstić information content (AvgIpc) is 3.08. The molecule has 1 aromatic carbocycles. The minimum atomic E-state index is -0.186. The van der Waals surface area contributed by atoms with Crippen LogP contribution in [0.4, 0.5) is 10.5 Å². The van der Waals surface area contributed by atoms with Crippen molar-refractivity contribution in [2.45, 2.75) is 26.8 Å². The van der Waals surface area contributed by atoms with E-state index in [1.165, 1.54) is 0 Å². The summed E-state index contributed by atoms with van der Waals surface area (Å²) in [6.45, 7) is 7.16. The van der Waals surface area contributed by atoms with Crippen LogP contribution in [0.25, 0.3) is 0 Å². The van der Waals surface area contributed by atoms with E-state index in [1.807, 2.05) is 50.4 Å². The number of thiophene rings is 1. The molecule has 0 spiro atoms. The van der Waals surface area contributed by atoms with Gasteiger partial charge in [0, 0.05) is 23.7 Å². The van der Waals surface area contributed by atoms with Crippen LogP contribution >= 0.6 is 11.3 Å². The standard InChI is InChI=1S/C19H23N3O2S/c1-13-9-14(2)11-16(10-13)22-7-6-21(12-18(22)23)19(24)20-15(3)17-5-4-8-25-17/h4-5,8-11,15H,6-7,12H2,1-3H3,(H,20,24)/t15-/m0/s1. The number of nitrogens with zero attached hydrogens (tertiary/aromatic N) is 2. The predicted molar refractivity (Wildman–Crippen MR) is 101 cm³/mol. The molecular weight excluding hydrogens is 334 g/mol. The van der Waals surface area contributed by atoms with Crippen molar-refractivity contribution in [2.75, 3.05) is 24.5 Å². The number of anilines is 1. The summed E-state index contributed by atoms with van der Waals surface area (Å²) in [6, 6.07) is 9.84. The smallest absolute Gasteiger partial charge is 0.318 e. The molecule has 1 fully saturated rings. The number of nitrogens with one attached hydrogen (secondary N) is 1. The molecule has 1 aliphatic rings. The third-order valence-corrected chi connectivity index (χ3v) is 5.39. The molecule has 0 unspecified atom stereocenters. The predicted octanol–water partition coefficient (Wildman–Crippen LogP) is 3.48. The summed E-state index contributed by atoms with van der Waals surface area (Å²) < 4.78 is 0. The zero-order chi connectivity index (χ0) is 18.0. The van der Waals surface area contributed by atoms with Crippen LogP contribution in [-0.2, 0) is 4.79 Å². The maximum Gasteiger partial charge on any atom is 0.318 e. The van der Waals surface area contributed by atoms with Crippen LogP contribution in [0.2, 0.25) is 0 Å². The Hall–Kier alpha value is -2.34. The quantitative estimate of drug-likeness (QED) is 0.914. The van der Waals surface area contributed by atoms with Gasteiger partial charge in [0.25, 0.3) is 0 Å². The van der Waals surface area contributed by atoms with Gasteiger partial charge in [-0.1, -0.05) is 12.1 Å². The fourth-order valence-corrected chi connectivity index (χ4v) is 3.85. The molecule has 2 aromatic rings. The van der Waals surface area contributed by atoms with E-state index in [0.717, 1.165) is 21.7 Å². The third kappa shape index (κ3) is 4.02. The van der Waals surface area contributed by atoms with Crippen LogP contribution in [0, 0.1) is 13.8 Å². The number of piperazine rings is 1. The minimum absolute atomic E-state index is 0.0461. The number of carbonyl (C=O) groups is 2. The van der Waals surface area contributed by atoms with E-state index >= 15 is 0 Å². The summed E-state index contributed by atoms with van der Waals surface area (Å²) in [5, 5.41) is 4.96. The number of amides is 3. The van der Waals surface area contributed by atoms with Gasteiger partial charge in [0.15, 0.2) is 0 Å². The second-order valence-electron chi connectivity index (χ2n) is 6.50. The van der Waals surface area contributed by atoms with Gasteiger partial charge < -0.3 is 15.1 Å². The van der Waals surface area contributed by atoms with Gasteiger partial charge in [-0.3, -0.25) is 4.79 Å². The Bertz CT molecular complexity index is 753. The normalized spacial score (nSPS) is 16.0. The van der Waals surface area contributed by atoms with Gasteiger partial charge in [-0.15, -0.1) is 11.3 Å². The molecule has 0 aliphatic carbocycles. The monoisotopic (exact) mass is 357 g/mol. The Morgan fingerprint density at radius 3 is 2.52 bits per heavy atom. The van der Waals surface area contributed by atoms with Gasteiger partial charge in [-0.25, -0.2) is 4.79 Å². The second-order valence-corrected chi connectivity index (χ2v) is 7.48. The Labute approximate surface area is 152 Å². The Morgan fingerprint density at radius 2 is 1.92 bits per heavy atom. The number of benzene rings is 1. The average molecular weight is 357 g/mol. The highest BCUT2D eigenvalue weighted by Gasteiger charge is 2.28. The summed E-state index contributed by atoms with van der Waals surface area (Å²) in [7, 11) is 0. The molecule has 1 atom stereocenters. The Balaban J connectivity index is 1.63. The molecular formula is C19H23N3O2S. The number of hydrogen-bond acceptors (Lipinski definition) is 3. The molecule has 1 aromatic heterocycles. The van der Waals surface area contributed by atoms with E-state index in [-0.39, 0.29) is 24.5 Å². The van der Waals surface area contributed by atoms with Crippen molar-refractivity contribution in [3.63, 3.8) is 0 Å². The molecule has 1 N–H and O–H groups in total. The molecule has 1 saturated heterocycles. The van der Waals surface area contributed by atoms with Crippen molar-refractivity contribution >= 4 is 29.0 Å². The first-order valence-corrected chi connectivity index (χ1v) is 9.29. The highest BCUT2D eigenvalue weighted by atomic mass is 32.1. The summed E-state index contributed by atoms with van der Waals surface area (Å²) >= 11 is 1.61. The molecule has 3 amide bonds. The van der Waals surface area contributed by atoms with Crippen LogP contribution < -0.4 is 10.2 Å². The first-order valence-electron chi connectivity index (χ1n) is 8.41. The van der Waals surface area contributed by atoms with Gasteiger partial charge in [-0.2, -0.15) is 0 Å². The fourth-order valence-electron chi connectivity index (χ4n) is 3.11. The molecule has 6 heteroatoms. The number of carbonyl (C=O) groups excluding carboxylic acids is 2. The zero-order valence-corrected chi connectivity index (χ0v) is 15.6. The molecule has 132 valence electrons. The van der Waals surface area contributed by atoms with Crippen molar-refractivity contribution in [1.29, 1.82) is 0 Å². The molecule has 1 aliphatic heterocycles. The molecule has 5 nitrogen and oxygen atoms in total. The number of aryl methyl sites for hydroxylation is 2. The maximum atomic E-state index is 12.6. The molecule has 0 bridgehead atoms. The van der Waals surface area contributed by atoms with Crippen molar-refractivity contribution in [2.24, 2.45) is 0 Å². The largest absolute Gasteiger partial charge is 0.331 e. The molecule has 0 saturated carbocycles. The lowest BCUT2D eigenvalue weighted by atomic mass is 10.1. The maximum absolute atomic E-state index is 12.6. The van der Waals surface area contributed by atoms with E-state index in [9.17, 15) is 9.59 Å². The summed E-state index contributed by atoms with van der Waals surface area (Å²) in [5.74, 6) is -0.0461. The van der Waals surface area contributed by atoms with Crippen LogP contribution in [0.5, 0.6) is 0 Å². The summed E-state index contributed by atoms with van der Waals surface area (Å²) in [4.78, 5) is 29.5. The lowest BCUT2D eigenvalue weighted by Gasteiger charge is -2.35. The van der Waals surface area contributed by atoms with Crippen molar-refractivity contribution in [3.05, 3.63) is 51.7 Å². The topological polar surface area (TPSA) is 52.6 Å². The van der Waals surface area contributed by atoms with Crippen molar-refractivity contribution in [3.8, 4) is 0 Å². The lowest BCUT2D eigenvalue weighted by molar-refractivity contribution is -0.120. The summed E-state index contributed by atoms with van der Waals surface area (Å²) in [6.07, 6.45) is 0.